The van der Waals surface area contributed by atoms with Crippen molar-refractivity contribution in [1.82, 2.24) is 0 Å². The van der Waals surface area contributed by atoms with Gasteiger partial charge in [-0.05, 0) is 5.56 Å². The summed E-state index contributed by atoms with van der Waals surface area (Å²) in [5.74, 6) is -1.86. The molecule has 2 N–H and O–H groups in total. The van der Waals surface area contributed by atoms with E-state index in [1.54, 1.807) is 30.3 Å². The van der Waals surface area contributed by atoms with E-state index in [1.165, 1.54) is 6.08 Å². The third-order valence-electron chi connectivity index (χ3n) is 4.39. The van der Waals surface area contributed by atoms with E-state index in [-0.39, 0.29) is 59.1 Å². The van der Waals surface area contributed by atoms with E-state index in [2.05, 4.69) is 0 Å². The second-order valence-electron chi connectivity index (χ2n) is 5.99. The topological polar surface area (TPSA) is 195 Å². The summed E-state index contributed by atoms with van der Waals surface area (Å²) in [6, 6.07) is 8.01. The fraction of sp³-hybridized carbons (Fsp3) is 0.286. The van der Waals surface area contributed by atoms with Gasteiger partial charge in [0.2, 0.25) is 4.08 Å². The third-order valence-corrected chi connectivity index (χ3v) is 8.23. The van der Waals surface area contributed by atoms with Crippen molar-refractivity contribution in [3.63, 3.8) is 0 Å². The van der Waals surface area contributed by atoms with Crippen molar-refractivity contribution in [2.45, 2.75) is 16.2 Å². The van der Waals surface area contributed by atoms with E-state index in [1.807, 2.05) is 0 Å². The summed E-state index contributed by atoms with van der Waals surface area (Å²) >= 11 is 0. The number of rotatable bonds is 6. The predicted octanol–water partition coefficient (Wildman–Crippen LogP) is 0.236. The summed E-state index contributed by atoms with van der Waals surface area (Å²) in [6.45, 7) is 0. The third kappa shape index (κ3) is 5.20. The minimum absolute atomic E-state index is 0. The van der Waals surface area contributed by atoms with E-state index < -0.39 is 52.2 Å². The van der Waals surface area contributed by atoms with Gasteiger partial charge in [-0.2, -0.15) is 16.8 Å². The van der Waals surface area contributed by atoms with Crippen molar-refractivity contribution in [3.8, 4) is 0 Å². The molecule has 1 aliphatic carbocycles. The molecule has 1 unspecified atom stereocenters. The summed E-state index contributed by atoms with van der Waals surface area (Å²) in [5.41, 5.74) is -2.92. The van der Waals surface area contributed by atoms with Gasteiger partial charge in [0.1, 0.15) is 16.3 Å². The van der Waals surface area contributed by atoms with Gasteiger partial charge >= 0.3 is 5.66 Å². The molecule has 1 aromatic rings. The molecule has 2 radical (unpaired) electrons. The molecule has 0 aromatic heterocycles. The van der Waals surface area contributed by atoms with E-state index in [9.17, 15) is 46.2 Å². The van der Waals surface area contributed by atoms with Gasteiger partial charge < -0.3 is 0 Å². The summed E-state index contributed by atoms with van der Waals surface area (Å²) in [6.07, 6.45) is 1.39. The number of hydrogen-bond acceptors (Lipinski definition) is 8. The summed E-state index contributed by atoms with van der Waals surface area (Å²) in [4.78, 5) is 19.6. The molecular formula is C14H14N2Na2O10S2. The first kappa shape index (κ1) is 29.3. The number of allylic oxidation sites excluding steroid dienone is 2. The van der Waals surface area contributed by atoms with E-state index in [4.69, 9.17) is 0 Å². The number of nitrogens with zero attached hydrogens (tertiary/aromatic N) is 2. The Morgan fingerprint density at radius 1 is 0.967 bits per heavy atom. The molecule has 1 atom stereocenters. The molecule has 1 aliphatic rings. The Bertz CT molecular complexity index is 1030. The first-order chi connectivity index (χ1) is 12.8. The smallest absolute Gasteiger partial charge is 0.284 e. The van der Waals surface area contributed by atoms with Gasteiger partial charge in [-0.15, -0.1) is 0 Å². The Morgan fingerprint density at radius 2 is 1.43 bits per heavy atom. The van der Waals surface area contributed by atoms with Gasteiger partial charge in [0.15, 0.2) is 0 Å². The molecule has 0 saturated heterocycles. The molecule has 0 spiro atoms. The molecule has 0 fully saturated rings. The van der Waals surface area contributed by atoms with Gasteiger partial charge in [-0.25, -0.2) is 0 Å². The van der Waals surface area contributed by atoms with Crippen molar-refractivity contribution in [2.24, 2.45) is 5.92 Å². The van der Waals surface area contributed by atoms with Gasteiger partial charge in [0.25, 0.3) is 20.2 Å². The Kier molecular flexibility index (Phi) is 10.1. The summed E-state index contributed by atoms with van der Waals surface area (Å²) in [5, 5.41) is 22.6. The van der Waals surface area contributed by atoms with Crippen LogP contribution in [0.5, 0.6) is 0 Å². The first-order valence-corrected chi connectivity index (χ1v) is 10.3. The zero-order valence-electron chi connectivity index (χ0n) is 15.9. The van der Waals surface area contributed by atoms with Crippen LogP contribution < -0.4 is 0 Å². The fourth-order valence-corrected chi connectivity index (χ4v) is 5.77. The Labute approximate surface area is 215 Å². The maximum atomic E-state index is 12.0. The monoisotopic (exact) mass is 480 g/mol. The first-order valence-electron chi connectivity index (χ1n) is 7.43. The molecule has 1 aromatic carbocycles. The molecule has 0 amide bonds. The van der Waals surface area contributed by atoms with E-state index >= 15 is 0 Å². The van der Waals surface area contributed by atoms with Crippen molar-refractivity contribution < 1.29 is 35.8 Å². The standard InChI is InChI=1S/C14H14N2O10S2.2Na/c17-15(18)13(16(19)20)9-8-12(7-6-11-4-2-1-3-5-11)14(10-13,27(21,22)23)28(24,25)26;;/h1-9,12H,10H2,(H,21,22,23)(H,24,25,26);;. The van der Waals surface area contributed by atoms with Gasteiger partial charge in [-0.3, -0.25) is 29.3 Å². The van der Waals surface area contributed by atoms with Crippen LogP contribution in [0.4, 0.5) is 0 Å². The Morgan fingerprint density at radius 3 is 1.83 bits per heavy atom. The van der Waals surface area contributed by atoms with Crippen LogP contribution in [0.2, 0.25) is 0 Å². The minimum Gasteiger partial charge on any atom is -0.284 e. The molecule has 154 valence electrons. The molecule has 0 heterocycles. The average molecular weight is 480 g/mol. The van der Waals surface area contributed by atoms with Crippen LogP contribution in [-0.4, -0.2) is 105 Å². The van der Waals surface area contributed by atoms with Crippen LogP contribution in [0.25, 0.3) is 6.08 Å². The zero-order chi connectivity index (χ0) is 21.4. The van der Waals surface area contributed by atoms with Crippen LogP contribution in [0.1, 0.15) is 12.0 Å². The van der Waals surface area contributed by atoms with Crippen molar-refractivity contribution >= 4 is 85.4 Å². The second kappa shape index (κ2) is 10.3. The van der Waals surface area contributed by atoms with Crippen LogP contribution >= 0.6 is 0 Å². The second-order valence-corrected chi connectivity index (χ2v) is 9.60. The van der Waals surface area contributed by atoms with Crippen LogP contribution in [0.3, 0.4) is 0 Å². The largest absolute Gasteiger partial charge is 0.480 e. The molecule has 0 saturated carbocycles. The Hall–Kier alpha value is -0.680. The normalized spacial score (nSPS) is 20.0. The van der Waals surface area contributed by atoms with Crippen molar-refractivity contribution in [1.29, 1.82) is 0 Å². The molecule has 2 rings (SSSR count). The van der Waals surface area contributed by atoms with Crippen LogP contribution in [0, 0.1) is 26.1 Å². The zero-order valence-corrected chi connectivity index (χ0v) is 21.5. The van der Waals surface area contributed by atoms with E-state index in [0.29, 0.717) is 17.7 Å². The minimum atomic E-state index is -5.79. The van der Waals surface area contributed by atoms with Gasteiger partial charge in [0.05, 0.1) is 6.08 Å². The average Bonchev–Trinajstić information content (AvgIpc) is 2.58. The molecule has 30 heavy (non-hydrogen) atoms. The van der Waals surface area contributed by atoms with Gasteiger partial charge in [0, 0.05) is 65.0 Å². The SMILES string of the molecule is O=[N+]([O-])C1([N+](=O)[O-])C=CC(C=Cc2ccccc2)C(S(=O)(=O)O)(S(=O)(=O)O)C1.[Na].[Na]. The molecule has 12 nitrogen and oxygen atoms in total. The summed E-state index contributed by atoms with van der Waals surface area (Å²) < 4.78 is 63.6. The summed E-state index contributed by atoms with van der Waals surface area (Å²) in [7, 11) is -11.6. The van der Waals surface area contributed by atoms with Crippen LogP contribution in [-0.2, 0) is 20.2 Å². The Balaban J connectivity index is 0.00000420. The molecular weight excluding hydrogens is 466 g/mol. The van der Waals surface area contributed by atoms with E-state index in [0.717, 1.165) is 6.08 Å². The number of hydrogen-bond donors (Lipinski definition) is 2. The van der Waals surface area contributed by atoms with Crippen molar-refractivity contribution in [2.75, 3.05) is 0 Å². The number of benzene rings is 1. The number of nitro groups is 2. The van der Waals surface area contributed by atoms with Gasteiger partial charge in [-0.1, -0.05) is 48.6 Å². The predicted molar refractivity (Wildman–Crippen MR) is 107 cm³/mol. The molecule has 16 heteroatoms. The van der Waals surface area contributed by atoms with Crippen LogP contribution in [0.15, 0.2) is 48.6 Å². The maximum absolute atomic E-state index is 12.0. The molecule has 0 aliphatic heterocycles. The fourth-order valence-electron chi connectivity index (χ4n) is 2.91. The van der Waals surface area contributed by atoms with Crippen molar-refractivity contribution in [3.05, 3.63) is 74.4 Å². The maximum Gasteiger partial charge on any atom is 0.480 e. The molecule has 0 bridgehead atoms. The quantitative estimate of drug-likeness (QED) is 0.142.